The van der Waals surface area contributed by atoms with Gasteiger partial charge in [0.2, 0.25) is 0 Å². The zero-order valence-corrected chi connectivity index (χ0v) is 30.8. The highest BCUT2D eigenvalue weighted by atomic mass is 16.6. The summed E-state index contributed by atoms with van der Waals surface area (Å²) in [5.41, 5.74) is -0.197. The zero-order chi connectivity index (χ0) is 38.5. The molecule has 14 nitrogen and oxygen atoms in total. The smallest absolute Gasteiger partial charge is 0.408 e. The lowest BCUT2D eigenvalue weighted by atomic mass is 10.0. The number of alkyl carbamates (subject to hydrolysis) is 2. The minimum absolute atomic E-state index is 0.0772. The molecular formula is C37H48N2O12. The Morgan fingerprint density at radius 3 is 1.63 bits per heavy atom. The van der Waals surface area contributed by atoms with Crippen LogP contribution < -0.4 is 29.6 Å². The number of benzene rings is 2. The first-order chi connectivity index (χ1) is 23.7. The molecule has 0 aliphatic heterocycles. The molecule has 0 aliphatic rings. The molecule has 0 saturated heterocycles. The van der Waals surface area contributed by atoms with E-state index in [1.807, 2.05) is 0 Å². The second-order valence-electron chi connectivity index (χ2n) is 13.5. The largest absolute Gasteiger partial charge is 0.493 e. The van der Waals surface area contributed by atoms with Crippen LogP contribution in [0.25, 0.3) is 6.08 Å². The molecule has 2 atom stereocenters. The SMILES string of the molecule is COc1cc(/C=C/C(=O)CC(=O)CCc2ccc(OC(=O)C(C)NC(=O)OC(C)(C)C)c(OC)c2)ccc1OC(=O)C(C)NC(=O)OC(C)(C)C. The van der Waals surface area contributed by atoms with E-state index in [1.165, 1.54) is 52.4 Å². The van der Waals surface area contributed by atoms with Crippen molar-refractivity contribution in [1.82, 2.24) is 10.6 Å². The van der Waals surface area contributed by atoms with Gasteiger partial charge < -0.3 is 39.1 Å². The minimum Gasteiger partial charge on any atom is -0.493 e. The first-order valence-electron chi connectivity index (χ1n) is 16.2. The summed E-state index contributed by atoms with van der Waals surface area (Å²) >= 11 is 0. The van der Waals surface area contributed by atoms with Gasteiger partial charge in [-0.3, -0.25) is 9.59 Å². The second-order valence-corrected chi connectivity index (χ2v) is 13.5. The third-order valence-corrected chi connectivity index (χ3v) is 6.54. The molecule has 51 heavy (non-hydrogen) atoms. The van der Waals surface area contributed by atoms with Crippen molar-refractivity contribution in [2.24, 2.45) is 0 Å². The van der Waals surface area contributed by atoms with E-state index in [0.29, 0.717) is 17.5 Å². The molecule has 2 rings (SSSR count). The highest BCUT2D eigenvalue weighted by Crippen LogP contribution is 2.30. The summed E-state index contributed by atoms with van der Waals surface area (Å²) in [6.45, 7) is 13.1. The van der Waals surface area contributed by atoms with Gasteiger partial charge in [-0.15, -0.1) is 0 Å². The van der Waals surface area contributed by atoms with Crippen LogP contribution in [0.4, 0.5) is 9.59 Å². The number of rotatable bonds is 15. The van der Waals surface area contributed by atoms with Crippen LogP contribution in [0.5, 0.6) is 23.0 Å². The fourth-order valence-corrected chi connectivity index (χ4v) is 4.12. The van der Waals surface area contributed by atoms with Crippen LogP contribution in [-0.2, 0) is 35.1 Å². The number of hydrogen-bond donors (Lipinski definition) is 2. The molecule has 0 aromatic heterocycles. The van der Waals surface area contributed by atoms with Crippen LogP contribution >= 0.6 is 0 Å². The number of amides is 2. The Morgan fingerprint density at radius 1 is 0.686 bits per heavy atom. The summed E-state index contributed by atoms with van der Waals surface area (Å²) in [5.74, 6) is -1.48. The van der Waals surface area contributed by atoms with Crippen LogP contribution in [-0.4, -0.2) is 73.2 Å². The van der Waals surface area contributed by atoms with Gasteiger partial charge in [-0.1, -0.05) is 18.2 Å². The normalized spacial score (nSPS) is 12.6. The van der Waals surface area contributed by atoms with Crippen molar-refractivity contribution in [3.63, 3.8) is 0 Å². The minimum atomic E-state index is -1.00. The molecule has 2 N–H and O–H groups in total. The van der Waals surface area contributed by atoms with Crippen molar-refractivity contribution >= 4 is 41.8 Å². The summed E-state index contributed by atoms with van der Waals surface area (Å²) in [5, 5.41) is 4.83. The number of aryl methyl sites for hydroxylation is 1. The molecule has 2 unspecified atom stereocenters. The first kappa shape index (κ1) is 41.8. The number of carbonyl (C=O) groups excluding carboxylic acids is 6. The number of ether oxygens (including phenoxy) is 6. The Kier molecular flexibility index (Phi) is 15.2. The van der Waals surface area contributed by atoms with Crippen LogP contribution in [0.15, 0.2) is 42.5 Å². The standard InChI is InChI=1S/C37H48N2O12/c1-22(38-34(44)50-36(3,4)5)32(42)48-28-17-13-24(19-30(28)46-9)11-15-26(40)21-27(41)16-12-25-14-18-29(31(20-25)47-10)49-33(43)23(2)39-35(45)51-37(6,7)8/h11,13-15,17-20,22-23H,12,16,21H2,1-10H3,(H,38,44)(H,39,45)/b15-11+. The van der Waals surface area contributed by atoms with Crippen molar-refractivity contribution in [3.8, 4) is 23.0 Å². The van der Waals surface area contributed by atoms with Gasteiger partial charge in [0.25, 0.3) is 0 Å². The van der Waals surface area contributed by atoms with Crippen molar-refractivity contribution in [2.75, 3.05) is 14.2 Å². The Hall–Kier alpha value is -5.40. The number of allylic oxidation sites excluding steroid dienone is 1. The quantitative estimate of drug-likeness (QED) is 0.102. The molecule has 0 heterocycles. The second kappa shape index (κ2) is 18.6. The van der Waals surface area contributed by atoms with E-state index in [0.717, 1.165) is 0 Å². The zero-order valence-electron chi connectivity index (χ0n) is 30.8. The van der Waals surface area contributed by atoms with E-state index in [1.54, 1.807) is 65.8 Å². The molecule has 14 heteroatoms. The van der Waals surface area contributed by atoms with Crippen molar-refractivity contribution in [1.29, 1.82) is 0 Å². The van der Waals surface area contributed by atoms with E-state index in [4.69, 9.17) is 28.4 Å². The van der Waals surface area contributed by atoms with Crippen LogP contribution in [0.1, 0.15) is 79.4 Å². The average molecular weight is 713 g/mol. The summed E-state index contributed by atoms with van der Waals surface area (Å²) in [4.78, 5) is 74.1. The van der Waals surface area contributed by atoms with E-state index in [2.05, 4.69) is 10.6 Å². The molecule has 0 bridgehead atoms. The predicted molar refractivity (Wildman–Crippen MR) is 187 cm³/mol. The summed E-state index contributed by atoms with van der Waals surface area (Å²) in [6, 6.07) is 7.43. The maximum atomic E-state index is 12.6. The highest BCUT2D eigenvalue weighted by Gasteiger charge is 2.25. The van der Waals surface area contributed by atoms with Gasteiger partial charge in [0, 0.05) is 6.42 Å². The van der Waals surface area contributed by atoms with E-state index >= 15 is 0 Å². The maximum Gasteiger partial charge on any atom is 0.408 e. The van der Waals surface area contributed by atoms with Crippen molar-refractivity contribution in [3.05, 3.63) is 53.6 Å². The molecule has 0 fully saturated rings. The molecular weight excluding hydrogens is 664 g/mol. The Bertz CT molecular complexity index is 1620. The van der Waals surface area contributed by atoms with Gasteiger partial charge in [0.1, 0.15) is 29.1 Å². The molecule has 278 valence electrons. The summed E-state index contributed by atoms with van der Waals surface area (Å²) in [7, 11) is 2.78. The van der Waals surface area contributed by atoms with Crippen LogP contribution in [0, 0.1) is 0 Å². The van der Waals surface area contributed by atoms with Gasteiger partial charge in [0.15, 0.2) is 28.8 Å². The lowest BCUT2D eigenvalue weighted by Gasteiger charge is -2.21. The highest BCUT2D eigenvalue weighted by molar-refractivity contribution is 6.06. The van der Waals surface area contributed by atoms with Gasteiger partial charge in [0.05, 0.1) is 20.6 Å². The molecule has 2 amide bonds. The fourth-order valence-electron chi connectivity index (χ4n) is 4.12. The topological polar surface area (TPSA) is 182 Å². The number of carbonyl (C=O) groups is 6. The fraction of sp³-hybridized carbons (Fsp3) is 0.459. The van der Waals surface area contributed by atoms with Gasteiger partial charge in [-0.05, 0) is 103 Å². The van der Waals surface area contributed by atoms with Crippen LogP contribution in [0.3, 0.4) is 0 Å². The van der Waals surface area contributed by atoms with E-state index < -0.39 is 53.2 Å². The number of esters is 2. The number of Topliss-reactive ketones (excluding diaryl/α,β-unsaturated/α-hetero) is 1. The van der Waals surface area contributed by atoms with E-state index in [9.17, 15) is 28.8 Å². The summed E-state index contributed by atoms with van der Waals surface area (Å²) in [6.07, 6.45) is 1.32. The summed E-state index contributed by atoms with van der Waals surface area (Å²) < 4.78 is 31.8. The van der Waals surface area contributed by atoms with Crippen molar-refractivity contribution < 1.29 is 57.2 Å². The molecule has 0 radical (unpaired) electrons. The van der Waals surface area contributed by atoms with Gasteiger partial charge in [-0.25, -0.2) is 19.2 Å². The molecule has 2 aromatic rings. The van der Waals surface area contributed by atoms with Gasteiger partial charge in [-0.2, -0.15) is 0 Å². The lowest BCUT2D eigenvalue weighted by Crippen LogP contribution is -2.43. The number of ketones is 2. The third-order valence-electron chi connectivity index (χ3n) is 6.54. The Balaban J connectivity index is 1.91. The van der Waals surface area contributed by atoms with Crippen LogP contribution in [0.2, 0.25) is 0 Å². The number of nitrogens with one attached hydrogen (secondary N) is 2. The molecule has 0 aliphatic carbocycles. The molecule has 0 spiro atoms. The Labute approximate surface area is 298 Å². The van der Waals surface area contributed by atoms with Gasteiger partial charge >= 0.3 is 24.1 Å². The number of hydrogen-bond acceptors (Lipinski definition) is 12. The monoisotopic (exact) mass is 712 g/mol. The molecule has 0 saturated carbocycles. The Morgan fingerprint density at radius 2 is 1.16 bits per heavy atom. The van der Waals surface area contributed by atoms with E-state index in [-0.39, 0.29) is 41.6 Å². The van der Waals surface area contributed by atoms with Crippen molar-refractivity contribution in [2.45, 2.75) is 97.9 Å². The predicted octanol–water partition coefficient (Wildman–Crippen LogP) is 5.52. The third kappa shape index (κ3) is 15.4. The molecule has 2 aromatic carbocycles. The lowest BCUT2D eigenvalue weighted by molar-refractivity contribution is -0.137. The first-order valence-corrected chi connectivity index (χ1v) is 16.2. The average Bonchev–Trinajstić information content (AvgIpc) is 3.01. The maximum absolute atomic E-state index is 12.6. The number of methoxy groups -OCH3 is 2.